The number of nitrogens with zero attached hydrogens (tertiary/aromatic N) is 2. The Morgan fingerprint density at radius 1 is 1.22 bits per heavy atom. The topological polar surface area (TPSA) is 106 Å². The molecule has 27 heavy (non-hydrogen) atoms. The van der Waals surface area contributed by atoms with E-state index >= 15 is 0 Å². The molecule has 1 amide bonds. The van der Waals surface area contributed by atoms with E-state index in [2.05, 4.69) is 10.3 Å². The molecule has 0 unspecified atom stereocenters. The predicted molar refractivity (Wildman–Crippen MR) is 100 cm³/mol. The Morgan fingerprint density at radius 3 is 2.70 bits per heavy atom. The molecule has 0 aliphatic rings. The fourth-order valence-corrected chi connectivity index (χ4v) is 4.29. The molecule has 0 spiro atoms. The van der Waals surface area contributed by atoms with Crippen LogP contribution in [-0.2, 0) is 24.3 Å². The summed E-state index contributed by atoms with van der Waals surface area (Å²) in [4.78, 5) is 27.6. The van der Waals surface area contributed by atoms with Crippen molar-refractivity contribution in [1.29, 1.82) is 0 Å². The molecule has 2 aromatic rings. The molecule has 146 valence electrons. The van der Waals surface area contributed by atoms with Gasteiger partial charge in [-0.25, -0.2) is 8.42 Å². The Morgan fingerprint density at radius 2 is 2.00 bits per heavy atom. The largest absolute Gasteiger partial charge is 0.465 e. The molecule has 0 aliphatic carbocycles. The van der Waals surface area contributed by atoms with Crippen LogP contribution in [0, 0.1) is 0 Å². The minimum Gasteiger partial charge on any atom is -0.465 e. The molecule has 0 saturated heterocycles. The van der Waals surface area contributed by atoms with Crippen LogP contribution in [0.15, 0.2) is 41.6 Å². The molecule has 1 aromatic heterocycles. The van der Waals surface area contributed by atoms with Gasteiger partial charge in [-0.05, 0) is 25.5 Å². The molecule has 0 aliphatic heterocycles. The first-order valence-corrected chi connectivity index (χ1v) is 10.1. The maximum atomic E-state index is 13.1. The Balaban J connectivity index is 2.23. The normalized spacial score (nSPS) is 11.5. The van der Waals surface area contributed by atoms with Gasteiger partial charge in [0, 0.05) is 29.7 Å². The van der Waals surface area contributed by atoms with Crippen LogP contribution in [0.4, 0.5) is 0 Å². The summed E-state index contributed by atoms with van der Waals surface area (Å²) in [5, 5.41) is 3.63. The summed E-state index contributed by atoms with van der Waals surface area (Å²) in [6.45, 7) is 3.20. The molecule has 2 rings (SSSR count). The number of esters is 1. The predicted octanol–water partition coefficient (Wildman–Crippen LogP) is 1.31. The molecule has 0 radical (unpaired) electrons. The van der Waals surface area contributed by atoms with Crippen LogP contribution < -0.4 is 5.32 Å². The lowest BCUT2D eigenvalue weighted by Crippen LogP contribution is -2.42. The van der Waals surface area contributed by atoms with Crippen molar-refractivity contribution in [2.45, 2.75) is 25.2 Å². The highest BCUT2D eigenvalue weighted by molar-refractivity contribution is 7.89. The number of aromatic nitrogens is 1. The average Bonchev–Trinajstić information content (AvgIpc) is 2.65. The lowest BCUT2D eigenvalue weighted by molar-refractivity contribution is -0.143. The number of sulfonamides is 1. The third kappa shape index (κ3) is 5.24. The second kappa shape index (κ2) is 9.43. The maximum Gasteiger partial charge on any atom is 0.325 e. The van der Waals surface area contributed by atoms with Crippen molar-refractivity contribution >= 4 is 32.7 Å². The van der Waals surface area contributed by atoms with E-state index in [0.717, 1.165) is 4.31 Å². The van der Waals surface area contributed by atoms with Crippen molar-refractivity contribution < 1.29 is 22.7 Å². The number of carbonyl (C=O) groups excluding carboxylic acids is 2. The molecule has 0 saturated carbocycles. The molecule has 1 N–H and O–H groups in total. The van der Waals surface area contributed by atoms with E-state index in [-0.39, 0.29) is 31.1 Å². The van der Waals surface area contributed by atoms with E-state index < -0.39 is 21.9 Å². The Labute approximate surface area is 158 Å². The van der Waals surface area contributed by atoms with Crippen molar-refractivity contribution in [3.63, 3.8) is 0 Å². The number of hydrogen-bond acceptors (Lipinski definition) is 6. The smallest absolute Gasteiger partial charge is 0.325 e. The molecule has 0 fully saturated rings. The molecule has 8 nitrogen and oxygen atoms in total. The number of carbonyl (C=O) groups is 2. The van der Waals surface area contributed by atoms with E-state index in [9.17, 15) is 18.0 Å². The summed E-state index contributed by atoms with van der Waals surface area (Å²) in [7, 11) is -3.91. The monoisotopic (exact) mass is 393 g/mol. The van der Waals surface area contributed by atoms with Gasteiger partial charge in [0.05, 0.1) is 18.0 Å². The van der Waals surface area contributed by atoms with Gasteiger partial charge in [-0.1, -0.05) is 19.1 Å². The van der Waals surface area contributed by atoms with E-state index in [1.807, 2.05) is 6.92 Å². The Bertz CT molecular complexity index is 909. The van der Waals surface area contributed by atoms with Crippen molar-refractivity contribution in [3.8, 4) is 0 Å². The minimum atomic E-state index is -3.91. The van der Waals surface area contributed by atoms with Gasteiger partial charge >= 0.3 is 5.97 Å². The summed E-state index contributed by atoms with van der Waals surface area (Å²) in [6, 6.07) is 6.56. The van der Waals surface area contributed by atoms with Crippen LogP contribution >= 0.6 is 0 Å². The zero-order chi connectivity index (χ0) is 19.9. The fourth-order valence-electron chi connectivity index (χ4n) is 2.59. The Kier molecular flexibility index (Phi) is 7.26. The number of rotatable bonds is 9. The van der Waals surface area contributed by atoms with Gasteiger partial charge in [-0.2, -0.15) is 4.31 Å². The first-order chi connectivity index (χ1) is 12.9. The maximum absolute atomic E-state index is 13.1. The van der Waals surface area contributed by atoms with Crippen LogP contribution in [0.25, 0.3) is 10.8 Å². The fraction of sp³-hybridized carbons (Fsp3) is 0.389. The highest BCUT2D eigenvalue weighted by atomic mass is 32.2. The number of amides is 1. The minimum absolute atomic E-state index is 0.119. The average molecular weight is 393 g/mol. The van der Waals surface area contributed by atoms with Crippen molar-refractivity contribution in [3.05, 3.63) is 36.7 Å². The van der Waals surface area contributed by atoms with E-state index in [1.165, 1.54) is 12.3 Å². The van der Waals surface area contributed by atoms with Gasteiger partial charge in [-0.15, -0.1) is 0 Å². The van der Waals surface area contributed by atoms with Crippen LogP contribution in [-0.4, -0.2) is 55.8 Å². The highest BCUT2D eigenvalue weighted by Crippen LogP contribution is 2.25. The van der Waals surface area contributed by atoms with Crippen molar-refractivity contribution in [1.82, 2.24) is 14.6 Å². The Hall–Kier alpha value is -2.52. The highest BCUT2D eigenvalue weighted by Gasteiger charge is 2.27. The molecular weight excluding hydrogens is 370 g/mol. The van der Waals surface area contributed by atoms with E-state index in [1.54, 1.807) is 31.3 Å². The first-order valence-electron chi connectivity index (χ1n) is 8.65. The van der Waals surface area contributed by atoms with Gasteiger partial charge in [0.15, 0.2) is 0 Å². The summed E-state index contributed by atoms with van der Waals surface area (Å²) < 4.78 is 32.1. The second-order valence-electron chi connectivity index (χ2n) is 5.77. The summed E-state index contributed by atoms with van der Waals surface area (Å²) >= 11 is 0. The van der Waals surface area contributed by atoms with Crippen LogP contribution in [0.1, 0.15) is 20.3 Å². The van der Waals surface area contributed by atoms with Crippen LogP contribution in [0.3, 0.4) is 0 Å². The number of nitrogens with one attached hydrogen (secondary N) is 1. The van der Waals surface area contributed by atoms with Gasteiger partial charge in [-0.3, -0.25) is 14.6 Å². The lowest BCUT2D eigenvalue weighted by Gasteiger charge is -2.22. The molecule has 1 aromatic carbocycles. The van der Waals surface area contributed by atoms with Gasteiger partial charge in [0.1, 0.15) is 6.54 Å². The van der Waals surface area contributed by atoms with Gasteiger partial charge in [0.2, 0.25) is 15.9 Å². The molecule has 0 bridgehead atoms. The number of pyridine rings is 1. The summed E-state index contributed by atoms with van der Waals surface area (Å²) in [6.07, 6.45) is 3.65. The second-order valence-corrected chi connectivity index (χ2v) is 7.68. The van der Waals surface area contributed by atoms with E-state index in [0.29, 0.717) is 17.2 Å². The third-order valence-corrected chi connectivity index (χ3v) is 5.69. The summed E-state index contributed by atoms with van der Waals surface area (Å²) in [5.74, 6) is -1.14. The molecule has 9 heteroatoms. The van der Waals surface area contributed by atoms with E-state index in [4.69, 9.17) is 4.74 Å². The van der Waals surface area contributed by atoms with Crippen LogP contribution in [0.2, 0.25) is 0 Å². The van der Waals surface area contributed by atoms with Gasteiger partial charge < -0.3 is 10.1 Å². The lowest BCUT2D eigenvalue weighted by atomic mass is 10.2. The number of fused-ring (bicyclic) bond motifs is 1. The molecule has 0 atom stereocenters. The number of ether oxygens (including phenoxy) is 1. The SMILES string of the molecule is CCCN(CC(=O)NCC(=O)OCC)S(=O)(=O)c1cccc2cnccc12. The standard InChI is InChI=1S/C18H23N3O5S/c1-3-10-21(13-17(22)20-12-18(23)26-4-2)27(24,25)16-7-5-6-14-11-19-9-8-15(14)16/h5-9,11H,3-4,10,12-13H2,1-2H3,(H,20,22). The van der Waals surface area contributed by atoms with Crippen molar-refractivity contribution in [2.75, 3.05) is 26.2 Å². The van der Waals surface area contributed by atoms with Crippen LogP contribution in [0.5, 0.6) is 0 Å². The molecule has 1 heterocycles. The van der Waals surface area contributed by atoms with Gasteiger partial charge in [0.25, 0.3) is 0 Å². The number of benzene rings is 1. The zero-order valence-electron chi connectivity index (χ0n) is 15.3. The molecular formula is C18H23N3O5S. The zero-order valence-corrected chi connectivity index (χ0v) is 16.2. The third-order valence-electron chi connectivity index (χ3n) is 3.79. The first kappa shape index (κ1) is 20.8. The van der Waals surface area contributed by atoms with Crippen molar-refractivity contribution in [2.24, 2.45) is 0 Å². The number of hydrogen-bond donors (Lipinski definition) is 1. The summed E-state index contributed by atoms with van der Waals surface area (Å²) in [5.41, 5.74) is 0. The quantitative estimate of drug-likeness (QED) is 0.644.